The van der Waals surface area contributed by atoms with E-state index in [0.717, 1.165) is 38.7 Å². The smallest absolute Gasteiger partial charge is 0.206 e. The van der Waals surface area contributed by atoms with E-state index >= 15 is 0 Å². The molecule has 0 amide bonds. The molecular weight excluding hydrogens is 314 g/mol. The number of aliphatic hydroxyl groups excluding tert-OH is 1. The molecule has 4 nitrogen and oxygen atoms in total. The molecule has 0 aliphatic carbocycles. The molecular formula is C21H19NO3. The van der Waals surface area contributed by atoms with Gasteiger partial charge >= 0.3 is 0 Å². The van der Waals surface area contributed by atoms with Crippen molar-refractivity contribution in [3.05, 3.63) is 66.2 Å². The highest BCUT2D eigenvalue weighted by molar-refractivity contribution is 5.90. The van der Waals surface area contributed by atoms with Crippen molar-refractivity contribution in [1.82, 2.24) is 4.57 Å². The molecule has 0 saturated heterocycles. The molecule has 0 atom stereocenters. The number of benzene rings is 3. The maximum absolute atomic E-state index is 9.92. The van der Waals surface area contributed by atoms with E-state index in [9.17, 15) is 5.11 Å². The fourth-order valence-electron chi connectivity index (χ4n) is 3.27. The van der Waals surface area contributed by atoms with Gasteiger partial charge in [-0.1, -0.05) is 36.4 Å². The molecule has 126 valence electrons. The average Bonchev–Trinajstić information content (AvgIpc) is 2.93. The van der Waals surface area contributed by atoms with Gasteiger partial charge in [-0.25, -0.2) is 0 Å². The Hall–Kier alpha value is -2.98. The Labute approximate surface area is 145 Å². The molecule has 4 aromatic rings. The lowest BCUT2D eigenvalue weighted by Crippen LogP contribution is -1.96. The topological polar surface area (TPSA) is 43.6 Å². The molecule has 0 aliphatic heterocycles. The minimum absolute atomic E-state index is 0.0935. The molecule has 0 fully saturated rings. The van der Waals surface area contributed by atoms with Crippen molar-refractivity contribution < 1.29 is 14.6 Å². The quantitative estimate of drug-likeness (QED) is 0.592. The van der Waals surface area contributed by atoms with Crippen LogP contribution in [0.1, 0.15) is 5.56 Å². The maximum Gasteiger partial charge on any atom is 0.206 e. The van der Waals surface area contributed by atoms with Crippen molar-refractivity contribution in [3.8, 4) is 17.4 Å². The first-order valence-electron chi connectivity index (χ1n) is 8.14. The summed E-state index contributed by atoms with van der Waals surface area (Å²) < 4.78 is 13.5. The summed E-state index contributed by atoms with van der Waals surface area (Å²) >= 11 is 0. The Morgan fingerprint density at radius 3 is 2.56 bits per heavy atom. The van der Waals surface area contributed by atoms with Crippen LogP contribution >= 0.6 is 0 Å². The molecule has 0 saturated carbocycles. The molecule has 0 unspecified atom stereocenters. The number of ether oxygens (including phenoxy) is 2. The van der Waals surface area contributed by atoms with Crippen molar-refractivity contribution in [2.75, 3.05) is 7.11 Å². The van der Waals surface area contributed by atoms with Crippen molar-refractivity contribution >= 4 is 21.7 Å². The van der Waals surface area contributed by atoms with Gasteiger partial charge in [-0.2, -0.15) is 0 Å². The van der Waals surface area contributed by atoms with E-state index in [0.29, 0.717) is 5.88 Å². The third-order valence-corrected chi connectivity index (χ3v) is 4.57. The Balaban J connectivity index is 1.90. The van der Waals surface area contributed by atoms with E-state index in [-0.39, 0.29) is 6.61 Å². The van der Waals surface area contributed by atoms with Crippen LogP contribution in [0.2, 0.25) is 0 Å². The molecule has 3 aromatic carbocycles. The van der Waals surface area contributed by atoms with Gasteiger partial charge in [-0.05, 0) is 23.6 Å². The third kappa shape index (κ3) is 2.51. The predicted molar refractivity (Wildman–Crippen MR) is 99.4 cm³/mol. The Kier molecular flexibility index (Phi) is 3.82. The summed E-state index contributed by atoms with van der Waals surface area (Å²) in [4.78, 5) is 0. The summed E-state index contributed by atoms with van der Waals surface area (Å²) in [5.74, 6) is 2.18. The Morgan fingerprint density at radius 1 is 0.960 bits per heavy atom. The zero-order chi connectivity index (χ0) is 17.4. The number of rotatable bonds is 4. The minimum atomic E-state index is -0.0935. The summed E-state index contributed by atoms with van der Waals surface area (Å²) in [5.41, 5.74) is 1.73. The van der Waals surface area contributed by atoms with E-state index in [1.807, 2.05) is 60.1 Å². The van der Waals surface area contributed by atoms with Gasteiger partial charge in [0.25, 0.3) is 0 Å². The summed E-state index contributed by atoms with van der Waals surface area (Å²) in [7, 11) is 3.58. The van der Waals surface area contributed by atoms with E-state index in [4.69, 9.17) is 9.47 Å². The van der Waals surface area contributed by atoms with Crippen LogP contribution in [0.25, 0.3) is 21.7 Å². The van der Waals surface area contributed by atoms with Crippen LogP contribution in [0.15, 0.2) is 60.7 Å². The van der Waals surface area contributed by atoms with Crippen LogP contribution in [-0.4, -0.2) is 16.8 Å². The van der Waals surface area contributed by atoms with Gasteiger partial charge in [0.2, 0.25) is 5.88 Å². The van der Waals surface area contributed by atoms with Crippen LogP contribution in [0.4, 0.5) is 0 Å². The van der Waals surface area contributed by atoms with Gasteiger partial charge < -0.3 is 19.1 Å². The first kappa shape index (κ1) is 15.5. The predicted octanol–water partition coefficient (Wildman–Crippen LogP) is 4.62. The monoisotopic (exact) mass is 333 g/mol. The van der Waals surface area contributed by atoms with Gasteiger partial charge in [0.05, 0.1) is 19.2 Å². The largest absolute Gasteiger partial charge is 0.497 e. The summed E-state index contributed by atoms with van der Waals surface area (Å²) in [6.07, 6.45) is 0. The highest BCUT2D eigenvalue weighted by Crippen LogP contribution is 2.37. The van der Waals surface area contributed by atoms with Crippen molar-refractivity contribution in [2.24, 2.45) is 7.05 Å². The normalized spacial score (nSPS) is 11.2. The fourth-order valence-corrected chi connectivity index (χ4v) is 3.27. The van der Waals surface area contributed by atoms with Gasteiger partial charge in [0.15, 0.2) is 0 Å². The molecule has 1 heterocycles. The first-order valence-corrected chi connectivity index (χ1v) is 8.14. The van der Waals surface area contributed by atoms with Crippen molar-refractivity contribution in [3.63, 3.8) is 0 Å². The number of aromatic nitrogens is 1. The number of aryl methyl sites for hydroxylation is 1. The molecule has 0 bridgehead atoms. The molecule has 4 heteroatoms. The summed E-state index contributed by atoms with van der Waals surface area (Å²) in [6, 6.07) is 19.9. The molecule has 0 aliphatic rings. The van der Waals surface area contributed by atoms with E-state index in [2.05, 4.69) is 12.1 Å². The number of hydrogen-bond acceptors (Lipinski definition) is 3. The van der Waals surface area contributed by atoms with Gasteiger partial charge in [0.1, 0.15) is 11.5 Å². The van der Waals surface area contributed by atoms with E-state index in [1.165, 1.54) is 0 Å². The van der Waals surface area contributed by atoms with Crippen molar-refractivity contribution in [1.29, 1.82) is 0 Å². The lowest BCUT2D eigenvalue weighted by molar-refractivity contribution is 0.276. The summed E-state index contributed by atoms with van der Waals surface area (Å²) in [5, 5.41) is 13.0. The van der Waals surface area contributed by atoms with Gasteiger partial charge in [-0.15, -0.1) is 0 Å². The number of nitrogens with zero attached hydrogens (tertiary/aromatic N) is 1. The summed E-state index contributed by atoms with van der Waals surface area (Å²) in [6.45, 7) is -0.0935. The number of hydrogen-bond donors (Lipinski definition) is 1. The second-order valence-corrected chi connectivity index (χ2v) is 5.96. The zero-order valence-corrected chi connectivity index (χ0v) is 14.2. The molecule has 1 N–H and O–H groups in total. The Morgan fingerprint density at radius 2 is 1.76 bits per heavy atom. The third-order valence-electron chi connectivity index (χ3n) is 4.57. The molecule has 1 aromatic heterocycles. The minimum Gasteiger partial charge on any atom is -0.497 e. The van der Waals surface area contributed by atoms with Crippen LogP contribution < -0.4 is 9.47 Å². The molecule has 25 heavy (non-hydrogen) atoms. The standard InChI is InChI=1S/C21H19NO3/c1-22-19-12-15(24-2)10-11-17(19)18(13-23)21(22)25-20-9-5-7-14-6-3-4-8-16(14)20/h3-12,23H,13H2,1-2H3. The van der Waals surface area contributed by atoms with E-state index < -0.39 is 0 Å². The Bertz CT molecular complexity index is 1060. The zero-order valence-electron chi connectivity index (χ0n) is 14.2. The maximum atomic E-state index is 9.92. The number of methoxy groups -OCH3 is 1. The highest BCUT2D eigenvalue weighted by Gasteiger charge is 2.18. The van der Waals surface area contributed by atoms with Crippen LogP contribution in [0, 0.1) is 0 Å². The first-order chi connectivity index (χ1) is 12.2. The molecule has 0 radical (unpaired) electrons. The molecule has 4 rings (SSSR count). The lowest BCUT2D eigenvalue weighted by Gasteiger charge is -2.11. The molecule has 0 spiro atoms. The second-order valence-electron chi connectivity index (χ2n) is 5.96. The van der Waals surface area contributed by atoms with E-state index in [1.54, 1.807) is 7.11 Å². The van der Waals surface area contributed by atoms with Gasteiger partial charge in [-0.3, -0.25) is 0 Å². The van der Waals surface area contributed by atoms with Crippen LogP contribution in [0.5, 0.6) is 17.4 Å². The fraction of sp³-hybridized carbons (Fsp3) is 0.143. The average molecular weight is 333 g/mol. The van der Waals surface area contributed by atoms with Crippen LogP contribution in [0.3, 0.4) is 0 Å². The van der Waals surface area contributed by atoms with Gasteiger partial charge in [0, 0.05) is 29.4 Å². The second kappa shape index (κ2) is 6.15. The SMILES string of the molecule is COc1ccc2c(CO)c(Oc3cccc4ccccc34)n(C)c2c1. The number of fused-ring (bicyclic) bond motifs is 2. The number of aliphatic hydroxyl groups is 1. The van der Waals surface area contributed by atoms with Crippen LogP contribution in [-0.2, 0) is 13.7 Å². The highest BCUT2D eigenvalue weighted by atomic mass is 16.5. The van der Waals surface area contributed by atoms with Crippen molar-refractivity contribution in [2.45, 2.75) is 6.61 Å². The lowest BCUT2D eigenvalue weighted by atomic mass is 10.1.